The molecule has 1 atom stereocenters. The Balaban J connectivity index is 2.73. The highest BCUT2D eigenvalue weighted by atomic mass is 15.3. The number of hydrogen-bond acceptors (Lipinski definition) is 2. The lowest BCUT2D eigenvalue weighted by Crippen LogP contribution is -2.33. The Labute approximate surface area is 118 Å². The maximum Gasteiger partial charge on any atom is 0.0722 e. The summed E-state index contributed by atoms with van der Waals surface area (Å²) in [5, 5.41) is 8.30. The minimum atomic E-state index is 0.108. The summed E-state index contributed by atoms with van der Waals surface area (Å²) in [7, 11) is 2.00. The van der Waals surface area contributed by atoms with Crippen molar-refractivity contribution in [1.29, 1.82) is 0 Å². The average Bonchev–Trinajstić information content (AvgIpc) is 2.69. The van der Waals surface area contributed by atoms with Gasteiger partial charge < -0.3 is 5.32 Å². The maximum atomic E-state index is 4.62. The number of hydrogen-bond donors (Lipinski definition) is 1. The molecule has 0 aliphatic rings. The summed E-state index contributed by atoms with van der Waals surface area (Å²) in [6.07, 6.45) is 4.63. The van der Waals surface area contributed by atoms with Gasteiger partial charge in [-0.2, -0.15) is 5.10 Å². The lowest BCUT2D eigenvalue weighted by Gasteiger charge is -2.23. The molecule has 1 heterocycles. The highest BCUT2D eigenvalue weighted by Crippen LogP contribution is 2.24. The summed E-state index contributed by atoms with van der Waals surface area (Å²) in [4.78, 5) is 0. The summed E-state index contributed by atoms with van der Waals surface area (Å²) < 4.78 is 1.93. The lowest BCUT2D eigenvalue weighted by molar-refractivity contribution is 0.352. The van der Waals surface area contributed by atoms with E-state index in [0.717, 1.165) is 12.5 Å². The van der Waals surface area contributed by atoms with Crippen LogP contribution in [-0.2, 0) is 19.0 Å². The molecule has 0 radical (unpaired) electrons. The fourth-order valence-corrected chi connectivity index (χ4v) is 2.73. The molecule has 3 heteroatoms. The van der Waals surface area contributed by atoms with Crippen LogP contribution in [0.2, 0.25) is 0 Å². The van der Waals surface area contributed by atoms with Crippen molar-refractivity contribution >= 4 is 0 Å². The van der Waals surface area contributed by atoms with Gasteiger partial charge >= 0.3 is 0 Å². The van der Waals surface area contributed by atoms with Crippen LogP contribution >= 0.6 is 0 Å². The third-order valence-corrected chi connectivity index (χ3v) is 3.99. The van der Waals surface area contributed by atoms with Crippen LogP contribution in [-0.4, -0.2) is 15.8 Å². The number of nitrogens with one attached hydrogen (secondary N) is 1. The van der Waals surface area contributed by atoms with E-state index in [2.05, 4.69) is 58.2 Å². The van der Waals surface area contributed by atoms with Crippen LogP contribution < -0.4 is 5.32 Å². The monoisotopic (exact) mass is 265 g/mol. The van der Waals surface area contributed by atoms with E-state index in [0.29, 0.717) is 6.04 Å². The van der Waals surface area contributed by atoms with Crippen molar-refractivity contribution in [3.8, 4) is 0 Å². The molecule has 1 unspecified atom stereocenters. The predicted octanol–water partition coefficient (Wildman–Crippen LogP) is 3.63. The third kappa shape index (κ3) is 4.34. The van der Waals surface area contributed by atoms with E-state index < -0.39 is 0 Å². The standard InChI is InChI=1S/C16H31N3/c1-8-13(9-2)12(3)17-10-14-11-19(7)18-15(14)16(4,5)6/h11-13,17H,8-10H2,1-7H3. The van der Waals surface area contributed by atoms with Crippen LogP contribution in [0.4, 0.5) is 0 Å². The first-order valence-electron chi connectivity index (χ1n) is 7.55. The Morgan fingerprint density at radius 2 is 1.84 bits per heavy atom. The smallest absolute Gasteiger partial charge is 0.0722 e. The van der Waals surface area contributed by atoms with Gasteiger partial charge in [-0.3, -0.25) is 4.68 Å². The molecule has 0 bridgehead atoms. The van der Waals surface area contributed by atoms with Crippen LogP contribution in [0.15, 0.2) is 6.20 Å². The van der Waals surface area contributed by atoms with Gasteiger partial charge in [-0.25, -0.2) is 0 Å². The van der Waals surface area contributed by atoms with E-state index in [-0.39, 0.29) is 5.41 Å². The molecule has 0 saturated carbocycles. The molecule has 3 nitrogen and oxygen atoms in total. The molecule has 1 aromatic heterocycles. The fraction of sp³-hybridized carbons (Fsp3) is 0.812. The van der Waals surface area contributed by atoms with Gasteiger partial charge in [0.05, 0.1) is 5.69 Å². The minimum absolute atomic E-state index is 0.108. The van der Waals surface area contributed by atoms with Gasteiger partial charge in [0.15, 0.2) is 0 Å². The normalized spacial score (nSPS) is 14.1. The van der Waals surface area contributed by atoms with E-state index in [1.54, 1.807) is 0 Å². The lowest BCUT2D eigenvalue weighted by atomic mass is 9.89. The third-order valence-electron chi connectivity index (χ3n) is 3.99. The second-order valence-electron chi connectivity index (χ2n) is 6.67. The Morgan fingerprint density at radius 1 is 1.26 bits per heavy atom. The molecule has 19 heavy (non-hydrogen) atoms. The van der Waals surface area contributed by atoms with Crippen molar-refractivity contribution in [2.75, 3.05) is 0 Å². The van der Waals surface area contributed by atoms with Gasteiger partial charge in [-0.15, -0.1) is 0 Å². The molecule has 1 aromatic rings. The Bertz CT molecular complexity index is 383. The van der Waals surface area contributed by atoms with Crippen LogP contribution in [0, 0.1) is 5.92 Å². The number of aryl methyl sites for hydroxylation is 1. The molecule has 0 aliphatic carbocycles. The zero-order chi connectivity index (χ0) is 14.6. The van der Waals surface area contributed by atoms with Gasteiger partial charge in [-0.1, -0.05) is 47.5 Å². The molecule has 0 saturated heterocycles. The first kappa shape index (κ1) is 16.2. The molecule has 1 rings (SSSR count). The maximum absolute atomic E-state index is 4.62. The van der Waals surface area contributed by atoms with E-state index in [1.807, 2.05) is 11.7 Å². The number of rotatable bonds is 6. The van der Waals surface area contributed by atoms with Gasteiger partial charge in [0.1, 0.15) is 0 Å². The first-order valence-corrected chi connectivity index (χ1v) is 7.55. The topological polar surface area (TPSA) is 29.9 Å². The summed E-state index contributed by atoms with van der Waals surface area (Å²) >= 11 is 0. The number of aromatic nitrogens is 2. The largest absolute Gasteiger partial charge is 0.310 e. The average molecular weight is 265 g/mol. The van der Waals surface area contributed by atoms with E-state index >= 15 is 0 Å². The Hall–Kier alpha value is -0.830. The fourth-order valence-electron chi connectivity index (χ4n) is 2.73. The molecule has 1 N–H and O–H groups in total. The van der Waals surface area contributed by atoms with Crippen molar-refractivity contribution in [2.45, 2.75) is 72.4 Å². The van der Waals surface area contributed by atoms with Crippen molar-refractivity contribution in [2.24, 2.45) is 13.0 Å². The van der Waals surface area contributed by atoms with Crippen LogP contribution in [0.5, 0.6) is 0 Å². The van der Waals surface area contributed by atoms with Gasteiger partial charge in [0.25, 0.3) is 0 Å². The molecule has 0 aliphatic heterocycles. The van der Waals surface area contributed by atoms with Crippen molar-refractivity contribution in [1.82, 2.24) is 15.1 Å². The predicted molar refractivity (Wildman–Crippen MR) is 82.3 cm³/mol. The molecular weight excluding hydrogens is 234 g/mol. The SMILES string of the molecule is CCC(CC)C(C)NCc1cn(C)nc1C(C)(C)C. The van der Waals surface area contributed by atoms with Crippen molar-refractivity contribution in [3.05, 3.63) is 17.5 Å². The highest BCUT2D eigenvalue weighted by Gasteiger charge is 2.22. The molecule has 0 fully saturated rings. The van der Waals surface area contributed by atoms with Crippen molar-refractivity contribution in [3.63, 3.8) is 0 Å². The molecule has 0 spiro atoms. The van der Waals surface area contributed by atoms with Crippen LogP contribution in [0.1, 0.15) is 65.6 Å². The Morgan fingerprint density at radius 3 is 2.32 bits per heavy atom. The number of nitrogens with zero attached hydrogens (tertiary/aromatic N) is 2. The van der Waals surface area contributed by atoms with Gasteiger partial charge in [0, 0.05) is 36.8 Å². The minimum Gasteiger partial charge on any atom is -0.310 e. The molecule has 110 valence electrons. The van der Waals surface area contributed by atoms with E-state index in [1.165, 1.54) is 24.1 Å². The zero-order valence-electron chi connectivity index (χ0n) is 13.7. The molecule has 0 aromatic carbocycles. The Kier molecular flexibility index (Phi) is 5.60. The van der Waals surface area contributed by atoms with Gasteiger partial charge in [0.2, 0.25) is 0 Å². The summed E-state index contributed by atoms with van der Waals surface area (Å²) in [5.41, 5.74) is 2.64. The van der Waals surface area contributed by atoms with Gasteiger partial charge in [-0.05, 0) is 12.8 Å². The highest BCUT2D eigenvalue weighted by molar-refractivity contribution is 5.23. The second kappa shape index (κ2) is 6.56. The quantitative estimate of drug-likeness (QED) is 0.851. The molecule has 0 amide bonds. The first-order chi connectivity index (χ1) is 8.79. The molecular formula is C16H31N3. The van der Waals surface area contributed by atoms with E-state index in [4.69, 9.17) is 0 Å². The second-order valence-corrected chi connectivity index (χ2v) is 6.67. The summed E-state index contributed by atoms with van der Waals surface area (Å²) in [6, 6.07) is 0.558. The summed E-state index contributed by atoms with van der Waals surface area (Å²) in [6.45, 7) is 14.4. The van der Waals surface area contributed by atoms with Crippen LogP contribution in [0.25, 0.3) is 0 Å². The van der Waals surface area contributed by atoms with Crippen LogP contribution in [0.3, 0.4) is 0 Å². The van der Waals surface area contributed by atoms with Crippen molar-refractivity contribution < 1.29 is 0 Å². The zero-order valence-corrected chi connectivity index (χ0v) is 13.7. The van der Waals surface area contributed by atoms with E-state index in [9.17, 15) is 0 Å². The summed E-state index contributed by atoms with van der Waals surface area (Å²) in [5.74, 6) is 0.759.